The van der Waals surface area contributed by atoms with Gasteiger partial charge in [-0.15, -0.1) is 12.4 Å². The highest BCUT2D eigenvalue weighted by Gasteiger charge is 2.10. The summed E-state index contributed by atoms with van der Waals surface area (Å²) >= 11 is 0. The summed E-state index contributed by atoms with van der Waals surface area (Å²) in [6.07, 6.45) is 0. The molecule has 16 heavy (non-hydrogen) atoms. The van der Waals surface area contributed by atoms with Crippen molar-refractivity contribution in [2.24, 2.45) is 0 Å². The Morgan fingerprint density at radius 2 is 1.56 bits per heavy atom. The monoisotopic (exact) mass is 261 g/mol. The van der Waals surface area contributed by atoms with Crippen molar-refractivity contribution in [1.29, 1.82) is 0 Å². The Hall–Kier alpha value is -1.37. The van der Waals surface area contributed by atoms with Crippen LogP contribution in [0.15, 0.2) is 18.2 Å². The normalized spacial score (nSPS) is 10.1. The third-order valence-corrected chi connectivity index (χ3v) is 1.42. The first kappa shape index (κ1) is 14.6. The standard InChI is InChI=1S/C8H7F4NO2.ClH/c9-7(10)14-4-1-2-6(5(13)3-4)15-8(11)12;/h1-3,7-8H,13H2;1H. The van der Waals surface area contributed by atoms with Crippen LogP contribution < -0.4 is 15.2 Å². The van der Waals surface area contributed by atoms with Gasteiger partial charge >= 0.3 is 13.2 Å². The molecule has 0 aliphatic carbocycles. The van der Waals surface area contributed by atoms with Crippen LogP contribution in [0.25, 0.3) is 0 Å². The average Bonchev–Trinajstić information content (AvgIpc) is 2.08. The fourth-order valence-electron chi connectivity index (χ4n) is 0.906. The van der Waals surface area contributed by atoms with Crippen LogP contribution in [-0.4, -0.2) is 13.2 Å². The van der Waals surface area contributed by atoms with Crippen LogP contribution in [0.2, 0.25) is 0 Å². The van der Waals surface area contributed by atoms with Crippen molar-refractivity contribution in [3.63, 3.8) is 0 Å². The second-order valence-electron chi connectivity index (χ2n) is 2.46. The van der Waals surface area contributed by atoms with E-state index < -0.39 is 13.2 Å². The number of ether oxygens (including phenoxy) is 2. The maximum Gasteiger partial charge on any atom is 0.387 e. The number of hydrogen-bond donors (Lipinski definition) is 1. The highest BCUT2D eigenvalue weighted by molar-refractivity contribution is 5.85. The SMILES string of the molecule is Cl.Nc1cc(OC(F)F)ccc1OC(F)F. The predicted octanol–water partition coefficient (Wildman–Crippen LogP) is 2.89. The molecular formula is C8H8ClF4NO2. The molecule has 0 aromatic heterocycles. The van der Waals surface area contributed by atoms with Gasteiger partial charge in [0.2, 0.25) is 0 Å². The molecule has 0 aliphatic rings. The topological polar surface area (TPSA) is 44.5 Å². The Bertz CT molecular complexity index is 338. The van der Waals surface area contributed by atoms with Gasteiger partial charge in [-0.3, -0.25) is 0 Å². The van der Waals surface area contributed by atoms with Gasteiger partial charge in [0.15, 0.2) is 0 Å². The molecule has 92 valence electrons. The van der Waals surface area contributed by atoms with Crippen molar-refractivity contribution in [1.82, 2.24) is 0 Å². The van der Waals surface area contributed by atoms with E-state index in [0.717, 1.165) is 18.2 Å². The number of nitrogens with two attached hydrogens (primary N) is 1. The molecule has 0 saturated heterocycles. The lowest BCUT2D eigenvalue weighted by atomic mass is 10.3. The van der Waals surface area contributed by atoms with Gasteiger partial charge < -0.3 is 15.2 Å². The van der Waals surface area contributed by atoms with E-state index in [0.29, 0.717) is 0 Å². The Balaban J connectivity index is 0.00000225. The molecule has 0 spiro atoms. The van der Waals surface area contributed by atoms with Crippen molar-refractivity contribution in [3.8, 4) is 11.5 Å². The number of benzene rings is 1. The molecule has 0 bridgehead atoms. The molecule has 0 aliphatic heterocycles. The van der Waals surface area contributed by atoms with Gasteiger partial charge in [0.25, 0.3) is 0 Å². The van der Waals surface area contributed by atoms with Gasteiger partial charge in [0.1, 0.15) is 11.5 Å². The van der Waals surface area contributed by atoms with Crippen LogP contribution in [-0.2, 0) is 0 Å². The summed E-state index contributed by atoms with van der Waals surface area (Å²) in [4.78, 5) is 0. The highest BCUT2D eigenvalue weighted by Crippen LogP contribution is 2.28. The largest absolute Gasteiger partial charge is 0.435 e. The Morgan fingerprint density at radius 3 is 2.00 bits per heavy atom. The number of alkyl halides is 4. The lowest BCUT2D eigenvalue weighted by Crippen LogP contribution is -2.06. The van der Waals surface area contributed by atoms with Crippen LogP contribution in [0.3, 0.4) is 0 Å². The third kappa shape index (κ3) is 4.43. The molecule has 0 saturated carbocycles. The third-order valence-electron chi connectivity index (χ3n) is 1.42. The molecule has 0 atom stereocenters. The lowest BCUT2D eigenvalue weighted by molar-refractivity contribution is -0.0525. The molecule has 1 aromatic rings. The summed E-state index contributed by atoms with van der Waals surface area (Å²) in [6, 6.07) is 3.06. The number of halogens is 5. The fourth-order valence-corrected chi connectivity index (χ4v) is 0.906. The second kappa shape index (κ2) is 6.26. The first-order chi connectivity index (χ1) is 6.99. The minimum Gasteiger partial charge on any atom is -0.435 e. The van der Waals surface area contributed by atoms with Gasteiger partial charge in [0, 0.05) is 6.07 Å². The highest BCUT2D eigenvalue weighted by atomic mass is 35.5. The maximum absolute atomic E-state index is 11.8. The van der Waals surface area contributed by atoms with E-state index in [4.69, 9.17) is 5.73 Å². The smallest absolute Gasteiger partial charge is 0.387 e. The molecule has 1 rings (SSSR count). The molecule has 8 heteroatoms. The average molecular weight is 262 g/mol. The summed E-state index contributed by atoms with van der Waals surface area (Å²) in [5, 5.41) is 0. The first-order valence-electron chi connectivity index (χ1n) is 3.78. The molecule has 0 fully saturated rings. The fraction of sp³-hybridized carbons (Fsp3) is 0.250. The van der Waals surface area contributed by atoms with Crippen LogP contribution in [0.4, 0.5) is 23.2 Å². The van der Waals surface area contributed by atoms with Crippen molar-refractivity contribution in [2.75, 3.05) is 5.73 Å². The van der Waals surface area contributed by atoms with Crippen molar-refractivity contribution in [3.05, 3.63) is 18.2 Å². The number of rotatable bonds is 4. The molecular weight excluding hydrogens is 254 g/mol. The van der Waals surface area contributed by atoms with E-state index in [1.807, 2.05) is 0 Å². The second-order valence-corrected chi connectivity index (χ2v) is 2.46. The molecule has 3 nitrogen and oxygen atoms in total. The Kier molecular flexibility index (Phi) is 5.73. The predicted molar refractivity (Wildman–Crippen MR) is 51.4 cm³/mol. The lowest BCUT2D eigenvalue weighted by Gasteiger charge is -2.09. The summed E-state index contributed by atoms with van der Waals surface area (Å²) in [5.41, 5.74) is 5.06. The van der Waals surface area contributed by atoms with Crippen molar-refractivity contribution < 1.29 is 27.0 Å². The van der Waals surface area contributed by atoms with Crippen LogP contribution in [0.1, 0.15) is 0 Å². The molecule has 2 N–H and O–H groups in total. The summed E-state index contributed by atoms with van der Waals surface area (Å²) in [6.45, 7) is -6.01. The van der Waals surface area contributed by atoms with E-state index in [-0.39, 0.29) is 29.6 Å². The first-order valence-corrected chi connectivity index (χ1v) is 3.78. The van der Waals surface area contributed by atoms with E-state index >= 15 is 0 Å². The summed E-state index contributed by atoms with van der Waals surface area (Å²) in [5.74, 6) is -0.504. The number of hydrogen-bond acceptors (Lipinski definition) is 3. The Labute approximate surface area is 94.5 Å². The Morgan fingerprint density at radius 1 is 1.00 bits per heavy atom. The summed E-state index contributed by atoms with van der Waals surface area (Å²) < 4.78 is 55.1. The van der Waals surface area contributed by atoms with Crippen LogP contribution in [0.5, 0.6) is 11.5 Å². The van der Waals surface area contributed by atoms with Crippen molar-refractivity contribution in [2.45, 2.75) is 13.2 Å². The van der Waals surface area contributed by atoms with Gasteiger partial charge in [-0.05, 0) is 12.1 Å². The molecule has 0 heterocycles. The van der Waals surface area contributed by atoms with Crippen LogP contribution >= 0.6 is 12.4 Å². The van der Waals surface area contributed by atoms with Crippen molar-refractivity contribution >= 4 is 18.1 Å². The zero-order chi connectivity index (χ0) is 11.4. The van der Waals surface area contributed by atoms with E-state index in [1.165, 1.54) is 0 Å². The van der Waals surface area contributed by atoms with Gasteiger partial charge in [-0.25, -0.2) is 0 Å². The quantitative estimate of drug-likeness (QED) is 0.669. The number of nitrogen functional groups attached to an aromatic ring is 1. The minimum absolute atomic E-state index is 0. The van der Waals surface area contributed by atoms with Gasteiger partial charge in [0.05, 0.1) is 5.69 Å². The van der Waals surface area contributed by atoms with E-state index in [1.54, 1.807) is 0 Å². The zero-order valence-corrected chi connectivity index (χ0v) is 8.52. The van der Waals surface area contributed by atoms with E-state index in [2.05, 4.69) is 9.47 Å². The van der Waals surface area contributed by atoms with E-state index in [9.17, 15) is 17.6 Å². The number of anilines is 1. The van der Waals surface area contributed by atoms with Gasteiger partial charge in [-0.2, -0.15) is 17.6 Å². The zero-order valence-electron chi connectivity index (χ0n) is 7.70. The molecule has 0 amide bonds. The summed E-state index contributed by atoms with van der Waals surface area (Å²) in [7, 11) is 0. The van der Waals surface area contributed by atoms with Gasteiger partial charge in [-0.1, -0.05) is 0 Å². The molecule has 0 radical (unpaired) electrons. The molecule has 1 aromatic carbocycles. The van der Waals surface area contributed by atoms with Crippen LogP contribution in [0, 0.1) is 0 Å². The maximum atomic E-state index is 11.8. The minimum atomic E-state index is -3.02. The molecule has 0 unspecified atom stereocenters.